The lowest BCUT2D eigenvalue weighted by molar-refractivity contribution is 0.660. The van der Waals surface area contributed by atoms with Crippen LogP contribution in [0.5, 0.6) is 0 Å². The van der Waals surface area contributed by atoms with Gasteiger partial charge in [-0.2, -0.15) is 0 Å². The number of rotatable bonds is 7. The quantitative estimate of drug-likeness (QED) is 0.160. The highest BCUT2D eigenvalue weighted by Gasteiger charge is 2.49. The second kappa shape index (κ2) is 14.9. The van der Waals surface area contributed by atoms with Crippen molar-refractivity contribution in [2.24, 2.45) is 0 Å². The maximum atomic E-state index is 5.51. The van der Waals surface area contributed by atoms with E-state index in [1.54, 1.807) is 0 Å². The van der Waals surface area contributed by atoms with Crippen LogP contribution >= 0.6 is 0 Å². The Hall–Kier alpha value is -8.21. The molecule has 4 nitrogen and oxygen atoms in total. The van der Waals surface area contributed by atoms with Gasteiger partial charge in [0.25, 0.3) is 0 Å². The summed E-state index contributed by atoms with van der Waals surface area (Å²) in [6.07, 6.45) is 0. The summed E-state index contributed by atoms with van der Waals surface area (Å²) in [4.78, 5) is 18.6. The first kappa shape index (κ1) is 40.1. The number of aromatic nitrogens is 3. The Kier molecular flexibility index (Phi) is 8.79. The van der Waals surface area contributed by atoms with Crippen LogP contribution in [0.15, 0.2) is 218 Å². The SMILES string of the molecule is CC1(C)c2ccccc2-c2ccc(N(c3ccc(C4(c5nc(-c6ccccc6)nc(-c6ccccc6)n5)c5ccccc5-c5ccccc54)cc3)c3ccc4c(c3)C(C)(C)c3ccccc3-4)cc21. The van der Waals surface area contributed by atoms with Crippen LogP contribution < -0.4 is 4.90 Å². The minimum absolute atomic E-state index is 0.156. The fourth-order valence-electron chi connectivity index (χ4n) is 11.9. The molecule has 10 aromatic rings. The predicted molar refractivity (Wildman–Crippen MR) is 278 cm³/mol. The first-order chi connectivity index (χ1) is 33.2. The number of anilines is 3. The van der Waals surface area contributed by atoms with Crippen molar-refractivity contribution in [3.8, 4) is 56.2 Å². The zero-order valence-electron chi connectivity index (χ0n) is 38.6. The van der Waals surface area contributed by atoms with Crippen molar-refractivity contribution in [1.29, 1.82) is 0 Å². The molecule has 0 unspecified atom stereocenters. The molecule has 0 N–H and O–H groups in total. The maximum absolute atomic E-state index is 5.51. The van der Waals surface area contributed by atoms with Crippen LogP contribution in [-0.4, -0.2) is 15.0 Å². The number of benzene rings is 9. The second-order valence-corrected chi connectivity index (χ2v) is 19.6. The third kappa shape index (κ3) is 5.77. The van der Waals surface area contributed by atoms with E-state index >= 15 is 0 Å². The third-order valence-corrected chi connectivity index (χ3v) is 15.2. The molecule has 0 saturated carbocycles. The van der Waals surface area contributed by atoms with Gasteiger partial charge in [0.15, 0.2) is 17.5 Å². The highest BCUT2D eigenvalue weighted by atomic mass is 15.1. The van der Waals surface area contributed by atoms with Gasteiger partial charge < -0.3 is 4.90 Å². The minimum Gasteiger partial charge on any atom is -0.310 e. The molecule has 9 aromatic carbocycles. The van der Waals surface area contributed by atoms with Crippen LogP contribution in [0.2, 0.25) is 0 Å². The van der Waals surface area contributed by atoms with Crippen LogP contribution in [0.3, 0.4) is 0 Å². The van der Waals surface area contributed by atoms with Crippen molar-refractivity contribution in [3.05, 3.63) is 263 Å². The average Bonchev–Trinajstić information content (AvgIpc) is 3.92. The van der Waals surface area contributed by atoms with Crippen LogP contribution in [0.4, 0.5) is 17.1 Å². The molecule has 0 aliphatic heterocycles. The molecule has 0 radical (unpaired) electrons. The summed E-state index contributed by atoms with van der Waals surface area (Å²) < 4.78 is 0. The Bertz CT molecular complexity index is 3420. The Morgan fingerprint density at radius 1 is 0.309 bits per heavy atom. The summed E-state index contributed by atoms with van der Waals surface area (Å²) in [6, 6.07) is 79.3. The molecule has 1 heterocycles. The van der Waals surface area contributed by atoms with Gasteiger partial charge >= 0.3 is 0 Å². The molecule has 4 heteroatoms. The predicted octanol–water partition coefficient (Wildman–Crippen LogP) is 15.7. The molecule has 68 heavy (non-hydrogen) atoms. The van der Waals surface area contributed by atoms with Gasteiger partial charge in [0.1, 0.15) is 5.41 Å². The monoisotopic (exact) mass is 872 g/mol. The van der Waals surface area contributed by atoms with Gasteiger partial charge in [0.05, 0.1) is 0 Å². The molecule has 0 amide bonds. The lowest BCUT2D eigenvalue weighted by Gasteiger charge is -2.33. The molecule has 324 valence electrons. The van der Waals surface area contributed by atoms with Crippen molar-refractivity contribution < 1.29 is 0 Å². The van der Waals surface area contributed by atoms with E-state index in [-0.39, 0.29) is 10.8 Å². The summed E-state index contributed by atoms with van der Waals surface area (Å²) in [5.74, 6) is 1.97. The van der Waals surface area contributed by atoms with E-state index in [1.807, 2.05) is 36.4 Å². The number of hydrogen-bond donors (Lipinski definition) is 0. The molecule has 3 aliphatic carbocycles. The standard InChI is InChI=1S/C64H48N4/c1-62(2)53-27-15-11-23-47(53)51-37-35-45(39-57(51)62)68(46-36-38-52-48-24-12-16-28-54(48)63(3,4)58(52)40-46)44-33-31-43(32-34-44)64(55-29-17-13-25-49(55)50-26-14-18-30-56(50)64)61-66-59(41-19-7-5-8-20-41)65-60(67-61)42-21-9-6-10-22-42/h5-40H,1-4H3. The van der Waals surface area contributed by atoms with E-state index in [0.29, 0.717) is 17.5 Å². The molecular formula is C64H48N4. The molecule has 1 aromatic heterocycles. The highest BCUT2D eigenvalue weighted by Crippen LogP contribution is 2.57. The smallest absolute Gasteiger partial charge is 0.163 e. The van der Waals surface area contributed by atoms with Gasteiger partial charge in [-0.3, -0.25) is 0 Å². The van der Waals surface area contributed by atoms with Gasteiger partial charge in [-0.15, -0.1) is 0 Å². The zero-order chi connectivity index (χ0) is 45.8. The summed E-state index contributed by atoms with van der Waals surface area (Å²) in [5.41, 5.74) is 20.4. The van der Waals surface area contributed by atoms with Crippen LogP contribution in [0, 0.1) is 0 Å². The number of hydrogen-bond acceptors (Lipinski definition) is 4. The van der Waals surface area contributed by atoms with Crippen molar-refractivity contribution in [3.63, 3.8) is 0 Å². The van der Waals surface area contributed by atoms with E-state index in [2.05, 4.69) is 215 Å². The lowest BCUT2D eigenvalue weighted by atomic mass is 9.71. The molecule has 0 saturated heterocycles. The van der Waals surface area contributed by atoms with Gasteiger partial charge in [-0.25, -0.2) is 15.0 Å². The van der Waals surface area contributed by atoms with Crippen molar-refractivity contribution in [2.75, 3.05) is 4.90 Å². The Morgan fingerprint density at radius 3 is 1.10 bits per heavy atom. The summed E-state index contributed by atoms with van der Waals surface area (Å²) in [7, 11) is 0. The van der Waals surface area contributed by atoms with E-state index in [4.69, 9.17) is 15.0 Å². The van der Waals surface area contributed by atoms with Gasteiger partial charge in [-0.1, -0.05) is 210 Å². The van der Waals surface area contributed by atoms with E-state index in [0.717, 1.165) is 44.9 Å². The Labute approximate surface area is 398 Å². The average molecular weight is 873 g/mol. The van der Waals surface area contributed by atoms with E-state index in [9.17, 15) is 0 Å². The fourth-order valence-corrected chi connectivity index (χ4v) is 11.9. The molecule has 0 spiro atoms. The molecular weight excluding hydrogens is 825 g/mol. The first-order valence-corrected chi connectivity index (χ1v) is 23.7. The highest BCUT2D eigenvalue weighted by molar-refractivity contribution is 5.90. The topological polar surface area (TPSA) is 41.9 Å². The van der Waals surface area contributed by atoms with Crippen LogP contribution in [0.25, 0.3) is 56.2 Å². The number of nitrogens with zero attached hydrogens (tertiary/aromatic N) is 4. The third-order valence-electron chi connectivity index (χ3n) is 15.2. The summed E-state index contributed by atoms with van der Waals surface area (Å²) in [5, 5.41) is 0. The Balaban J connectivity index is 1.03. The molecule has 3 aliphatic rings. The largest absolute Gasteiger partial charge is 0.310 e. The minimum atomic E-state index is -0.862. The van der Waals surface area contributed by atoms with Crippen LogP contribution in [-0.2, 0) is 16.2 Å². The van der Waals surface area contributed by atoms with Gasteiger partial charge in [0, 0.05) is 39.0 Å². The first-order valence-electron chi connectivity index (χ1n) is 23.7. The van der Waals surface area contributed by atoms with Crippen molar-refractivity contribution in [1.82, 2.24) is 15.0 Å². The van der Waals surface area contributed by atoms with Crippen LogP contribution in [0.1, 0.15) is 72.5 Å². The van der Waals surface area contributed by atoms with Gasteiger partial charge in [-0.05, 0) is 109 Å². The molecule has 0 atom stereocenters. The molecule has 0 fully saturated rings. The maximum Gasteiger partial charge on any atom is 0.163 e. The van der Waals surface area contributed by atoms with E-state index < -0.39 is 5.41 Å². The fraction of sp³-hybridized carbons (Fsp3) is 0.109. The number of fused-ring (bicyclic) bond motifs is 9. The van der Waals surface area contributed by atoms with Crippen molar-refractivity contribution in [2.45, 2.75) is 43.9 Å². The summed E-state index contributed by atoms with van der Waals surface area (Å²) >= 11 is 0. The molecule has 13 rings (SSSR count). The van der Waals surface area contributed by atoms with Crippen molar-refractivity contribution >= 4 is 17.1 Å². The summed E-state index contributed by atoms with van der Waals surface area (Å²) in [6.45, 7) is 9.44. The Morgan fingerprint density at radius 2 is 0.662 bits per heavy atom. The zero-order valence-corrected chi connectivity index (χ0v) is 38.6. The van der Waals surface area contributed by atoms with E-state index in [1.165, 1.54) is 55.6 Å². The molecule has 0 bridgehead atoms. The second-order valence-electron chi connectivity index (χ2n) is 19.6. The lowest BCUT2D eigenvalue weighted by Crippen LogP contribution is -2.32. The normalized spacial score (nSPS) is 14.8. The van der Waals surface area contributed by atoms with Gasteiger partial charge in [0.2, 0.25) is 0 Å².